The Morgan fingerprint density at radius 1 is 1.00 bits per heavy atom. The molecule has 100 valence electrons. The summed E-state index contributed by atoms with van der Waals surface area (Å²) >= 11 is 0. The van der Waals surface area contributed by atoms with Crippen molar-refractivity contribution in [3.05, 3.63) is 83.9 Å². The molecule has 0 heterocycles. The van der Waals surface area contributed by atoms with Gasteiger partial charge in [0.25, 0.3) is 0 Å². The van der Waals surface area contributed by atoms with Crippen LogP contribution >= 0.6 is 0 Å². The highest BCUT2D eigenvalue weighted by Crippen LogP contribution is 2.24. The van der Waals surface area contributed by atoms with E-state index in [0.29, 0.717) is 16.7 Å². The van der Waals surface area contributed by atoms with Crippen LogP contribution in [0.4, 0.5) is 0 Å². The fourth-order valence-corrected chi connectivity index (χ4v) is 2.14. The van der Waals surface area contributed by atoms with Crippen molar-refractivity contribution < 1.29 is 9.90 Å². The number of Topliss-reactive ketones (excluding diaryl/α,β-unsaturated/α-hetero) is 1. The van der Waals surface area contributed by atoms with Gasteiger partial charge in [0, 0.05) is 5.56 Å². The molecule has 0 bridgehead atoms. The van der Waals surface area contributed by atoms with Crippen molar-refractivity contribution >= 4 is 17.9 Å². The minimum atomic E-state index is -1.17. The smallest absolute Gasteiger partial charge is 0.196 e. The first-order valence-electron chi connectivity index (χ1n) is 6.34. The Morgan fingerprint density at radius 2 is 1.70 bits per heavy atom. The van der Waals surface area contributed by atoms with Crippen molar-refractivity contribution in [1.29, 1.82) is 0 Å². The zero-order valence-electron chi connectivity index (χ0n) is 11.1. The second-order valence-corrected chi connectivity index (χ2v) is 4.39. The number of hydrogen-bond donors (Lipinski definition) is 1. The summed E-state index contributed by atoms with van der Waals surface area (Å²) in [6.07, 6.45) is 2.11. The van der Waals surface area contributed by atoms with Crippen LogP contribution in [0.2, 0.25) is 0 Å². The minimum absolute atomic E-state index is 0.338. The maximum atomic E-state index is 12.5. The molecular weight excluding hydrogens is 248 g/mol. The molecule has 0 amide bonds. The largest absolute Gasteiger partial charge is 0.380 e. The van der Waals surface area contributed by atoms with Gasteiger partial charge in [-0.3, -0.25) is 4.79 Å². The molecule has 2 nitrogen and oxygen atoms in total. The Balaban J connectivity index is 2.44. The molecule has 1 atom stereocenters. The fourth-order valence-electron chi connectivity index (χ4n) is 2.14. The van der Waals surface area contributed by atoms with Crippen LogP contribution in [-0.4, -0.2) is 10.9 Å². The van der Waals surface area contributed by atoms with Crippen LogP contribution in [-0.2, 0) is 0 Å². The van der Waals surface area contributed by atoms with Crippen LogP contribution in [0.15, 0.2) is 61.7 Å². The third-order valence-corrected chi connectivity index (χ3v) is 3.19. The molecule has 0 saturated carbocycles. The molecule has 20 heavy (non-hydrogen) atoms. The second-order valence-electron chi connectivity index (χ2n) is 4.39. The van der Waals surface area contributed by atoms with E-state index in [9.17, 15) is 9.90 Å². The van der Waals surface area contributed by atoms with Gasteiger partial charge in [0.15, 0.2) is 5.78 Å². The normalized spacial score (nSPS) is 11.7. The first-order valence-corrected chi connectivity index (χ1v) is 6.34. The number of carbonyl (C=O) groups excluding carboxylic acids is 1. The van der Waals surface area contributed by atoms with Gasteiger partial charge in [-0.25, -0.2) is 0 Å². The summed E-state index contributed by atoms with van der Waals surface area (Å²) in [7, 11) is 0. The van der Waals surface area contributed by atoms with Crippen molar-refractivity contribution in [3.63, 3.8) is 0 Å². The van der Waals surface area contributed by atoms with Crippen molar-refractivity contribution in [3.8, 4) is 0 Å². The van der Waals surface area contributed by atoms with E-state index >= 15 is 0 Å². The summed E-state index contributed by atoms with van der Waals surface area (Å²) < 4.78 is 0. The van der Waals surface area contributed by atoms with Crippen LogP contribution in [0.5, 0.6) is 0 Å². The topological polar surface area (TPSA) is 37.3 Å². The van der Waals surface area contributed by atoms with E-state index in [1.54, 1.807) is 48.6 Å². The molecule has 0 aliphatic carbocycles. The molecule has 0 spiro atoms. The number of hydrogen-bond acceptors (Lipinski definition) is 2. The predicted molar refractivity (Wildman–Crippen MR) is 82.4 cm³/mol. The molecule has 0 fully saturated rings. The average Bonchev–Trinajstić information content (AvgIpc) is 2.53. The highest BCUT2D eigenvalue weighted by Gasteiger charge is 2.21. The SMILES string of the molecule is C=Cc1cccc(C(=O)C(O)c2ccccc2)c1C=C. The van der Waals surface area contributed by atoms with E-state index < -0.39 is 6.10 Å². The fraction of sp³-hybridized carbons (Fsp3) is 0.0556. The van der Waals surface area contributed by atoms with Gasteiger partial charge in [0.2, 0.25) is 0 Å². The van der Waals surface area contributed by atoms with E-state index in [1.807, 2.05) is 12.1 Å². The summed E-state index contributed by atoms with van der Waals surface area (Å²) in [5.74, 6) is -0.338. The van der Waals surface area contributed by atoms with Gasteiger partial charge < -0.3 is 5.11 Å². The van der Waals surface area contributed by atoms with Crippen LogP contribution in [0.1, 0.15) is 33.2 Å². The van der Waals surface area contributed by atoms with E-state index in [1.165, 1.54) is 0 Å². The van der Waals surface area contributed by atoms with Gasteiger partial charge in [0.05, 0.1) is 0 Å². The molecule has 2 heteroatoms. The zero-order valence-corrected chi connectivity index (χ0v) is 11.1. The molecule has 0 aliphatic rings. The van der Waals surface area contributed by atoms with Crippen molar-refractivity contribution in [1.82, 2.24) is 0 Å². The summed E-state index contributed by atoms with van der Waals surface area (Å²) in [4.78, 5) is 12.5. The van der Waals surface area contributed by atoms with Crippen molar-refractivity contribution in [2.75, 3.05) is 0 Å². The van der Waals surface area contributed by atoms with E-state index in [0.717, 1.165) is 5.56 Å². The lowest BCUT2D eigenvalue weighted by Gasteiger charge is -2.13. The Labute approximate surface area is 118 Å². The summed E-state index contributed by atoms with van der Waals surface area (Å²) in [6.45, 7) is 7.45. The highest BCUT2D eigenvalue weighted by molar-refractivity contribution is 6.03. The quantitative estimate of drug-likeness (QED) is 0.832. The lowest BCUT2D eigenvalue weighted by Crippen LogP contribution is -2.14. The van der Waals surface area contributed by atoms with Gasteiger partial charge in [0.1, 0.15) is 6.10 Å². The van der Waals surface area contributed by atoms with Gasteiger partial charge in [-0.2, -0.15) is 0 Å². The summed E-state index contributed by atoms with van der Waals surface area (Å²) in [5.41, 5.74) is 2.55. The predicted octanol–water partition coefficient (Wildman–Crippen LogP) is 3.89. The van der Waals surface area contributed by atoms with E-state index in [-0.39, 0.29) is 5.78 Å². The van der Waals surface area contributed by atoms with Crippen LogP contribution in [0.25, 0.3) is 12.2 Å². The second kappa shape index (κ2) is 6.13. The molecular formula is C18H16O2. The highest BCUT2D eigenvalue weighted by atomic mass is 16.3. The number of carbonyl (C=O) groups is 1. The monoisotopic (exact) mass is 264 g/mol. The number of aliphatic hydroxyl groups is 1. The maximum absolute atomic E-state index is 12.5. The summed E-state index contributed by atoms with van der Waals surface area (Å²) in [5, 5.41) is 10.2. The van der Waals surface area contributed by atoms with Gasteiger partial charge in [-0.1, -0.05) is 73.8 Å². The molecule has 2 aromatic rings. The third-order valence-electron chi connectivity index (χ3n) is 3.19. The Bertz CT molecular complexity index is 642. The number of ketones is 1. The average molecular weight is 264 g/mol. The molecule has 0 aromatic heterocycles. The van der Waals surface area contributed by atoms with Crippen molar-refractivity contribution in [2.45, 2.75) is 6.10 Å². The molecule has 0 radical (unpaired) electrons. The molecule has 2 rings (SSSR count). The first-order chi connectivity index (χ1) is 9.69. The van der Waals surface area contributed by atoms with Gasteiger partial charge in [-0.15, -0.1) is 0 Å². The van der Waals surface area contributed by atoms with Crippen molar-refractivity contribution in [2.24, 2.45) is 0 Å². The van der Waals surface area contributed by atoms with Crippen LogP contribution in [0.3, 0.4) is 0 Å². The molecule has 2 aromatic carbocycles. The van der Waals surface area contributed by atoms with Gasteiger partial charge in [-0.05, 0) is 16.7 Å². The van der Waals surface area contributed by atoms with Crippen LogP contribution in [0, 0.1) is 0 Å². The van der Waals surface area contributed by atoms with E-state index in [2.05, 4.69) is 13.2 Å². The molecule has 1 unspecified atom stereocenters. The lowest BCUT2D eigenvalue weighted by molar-refractivity contribution is 0.0747. The van der Waals surface area contributed by atoms with Gasteiger partial charge >= 0.3 is 0 Å². The molecule has 1 N–H and O–H groups in total. The van der Waals surface area contributed by atoms with E-state index in [4.69, 9.17) is 0 Å². The number of rotatable bonds is 5. The molecule has 0 saturated heterocycles. The number of aliphatic hydroxyl groups excluding tert-OH is 1. The zero-order chi connectivity index (χ0) is 14.5. The number of benzene rings is 2. The minimum Gasteiger partial charge on any atom is -0.380 e. The summed E-state index contributed by atoms with van der Waals surface area (Å²) in [6, 6.07) is 14.2. The lowest BCUT2D eigenvalue weighted by atomic mass is 9.93. The molecule has 0 aliphatic heterocycles. The first kappa shape index (κ1) is 14.0. The maximum Gasteiger partial charge on any atom is 0.196 e. The standard InChI is InChI=1S/C18H16O2/c1-3-13-11-8-12-16(15(13)4-2)18(20)17(19)14-9-6-5-7-10-14/h3-12,17,19H,1-2H2. The Kier molecular flexibility index (Phi) is 4.28. The Hall–Kier alpha value is -2.45. The Morgan fingerprint density at radius 3 is 2.30 bits per heavy atom. The third kappa shape index (κ3) is 2.60. The van der Waals surface area contributed by atoms with Crippen LogP contribution < -0.4 is 0 Å².